The third-order valence-corrected chi connectivity index (χ3v) is 12.2. The Balaban J connectivity index is 3.86. The van der Waals surface area contributed by atoms with E-state index in [4.69, 9.17) is 9.05 Å². The summed E-state index contributed by atoms with van der Waals surface area (Å²) >= 11 is 0. The van der Waals surface area contributed by atoms with Gasteiger partial charge in [-0.05, 0) is 57.8 Å². The fourth-order valence-electron chi connectivity index (χ4n) is 7.22. The molecule has 0 bridgehead atoms. The van der Waals surface area contributed by atoms with Crippen molar-refractivity contribution in [3.05, 3.63) is 48.6 Å². The molecule has 0 rings (SSSR count). The predicted molar refractivity (Wildman–Crippen MR) is 261 cm³/mol. The standard InChI is InChI=1S/C52H99N2O6P/c1-6-8-10-12-14-15-16-17-18-19-20-21-22-23-24-25-26-27-28-29-30-31-32-33-34-35-36-37-38-39-40-42-44-46-52(56)53-50(51(55)45-43-41-13-11-9-7-2)49-60-61(57,58)59-48-47-54(3,4)5/h16-17,19-20,22-23,43,45,50-51,55H,6-15,18,21,24-42,44,46-49H2,1-5H3,(H-,53,56,57,58)/b17-16-,20-19-,23-22-,45-43+. The summed E-state index contributed by atoms with van der Waals surface area (Å²) in [5.74, 6) is -0.203. The van der Waals surface area contributed by atoms with Gasteiger partial charge in [-0.25, -0.2) is 0 Å². The van der Waals surface area contributed by atoms with Crippen molar-refractivity contribution in [2.24, 2.45) is 0 Å². The van der Waals surface area contributed by atoms with Gasteiger partial charge in [0.25, 0.3) is 7.82 Å². The molecule has 0 aliphatic heterocycles. The number of carbonyl (C=O) groups excluding carboxylic acids is 1. The van der Waals surface area contributed by atoms with Crippen molar-refractivity contribution >= 4 is 13.7 Å². The Hall–Kier alpha value is -1.54. The number of aliphatic hydroxyl groups excluding tert-OH is 1. The first-order valence-electron chi connectivity index (χ1n) is 25.5. The summed E-state index contributed by atoms with van der Waals surface area (Å²) in [5.41, 5.74) is 0. The minimum Gasteiger partial charge on any atom is -0.756 e. The maximum Gasteiger partial charge on any atom is 0.268 e. The van der Waals surface area contributed by atoms with E-state index in [1.807, 2.05) is 27.2 Å². The van der Waals surface area contributed by atoms with Crippen LogP contribution in [0, 0.1) is 0 Å². The van der Waals surface area contributed by atoms with Gasteiger partial charge >= 0.3 is 0 Å². The smallest absolute Gasteiger partial charge is 0.268 e. The van der Waals surface area contributed by atoms with Gasteiger partial charge in [0.05, 0.1) is 39.9 Å². The first-order valence-corrected chi connectivity index (χ1v) is 27.0. The lowest BCUT2D eigenvalue weighted by Gasteiger charge is -2.29. The fourth-order valence-corrected chi connectivity index (χ4v) is 7.94. The molecule has 61 heavy (non-hydrogen) atoms. The predicted octanol–water partition coefficient (Wildman–Crippen LogP) is 14.2. The van der Waals surface area contributed by atoms with E-state index in [0.29, 0.717) is 17.4 Å². The summed E-state index contributed by atoms with van der Waals surface area (Å²) in [6, 6.07) is -0.882. The summed E-state index contributed by atoms with van der Waals surface area (Å²) in [5, 5.41) is 13.6. The van der Waals surface area contributed by atoms with Gasteiger partial charge < -0.3 is 28.8 Å². The molecular weight excluding hydrogens is 780 g/mol. The molecule has 9 heteroatoms. The molecule has 0 aromatic heterocycles. The number of carbonyl (C=O) groups is 1. The molecule has 3 atom stereocenters. The molecule has 0 aliphatic carbocycles. The molecule has 2 N–H and O–H groups in total. The molecule has 0 aliphatic rings. The Bertz CT molecular complexity index is 1130. The molecule has 3 unspecified atom stereocenters. The van der Waals surface area contributed by atoms with E-state index >= 15 is 0 Å². The Morgan fingerprint density at radius 1 is 0.574 bits per heavy atom. The highest BCUT2D eigenvalue weighted by Crippen LogP contribution is 2.38. The number of hydrogen-bond donors (Lipinski definition) is 2. The van der Waals surface area contributed by atoms with Crippen molar-refractivity contribution in [1.29, 1.82) is 0 Å². The molecule has 0 fully saturated rings. The zero-order valence-corrected chi connectivity index (χ0v) is 41.5. The van der Waals surface area contributed by atoms with Gasteiger partial charge in [0.2, 0.25) is 5.91 Å². The number of allylic oxidation sites excluding steroid dienone is 7. The van der Waals surface area contributed by atoms with Crippen LogP contribution in [-0.4, -0.2) is 68.5 Å². The minimum atomic E-state index is -4.58. The lowest BCUT2D eigenvalue weighted by atomic mass is 10.0. The first kappa shape index (κ1) is 59.5. The molecule has 8 nitrogen and oxygen atoms in total. The van der Waals surface area contributed by atoms with E-state index in [0.717, 1.165) is 57.8 Å². The Kier molecular flexibility index (Phi) is 42.6. The molecule has 0 saturated carbocycles. The van der Waals surface area contributed by atoms with Crippen molar-refractivity contribution in [3.8, 4) is 0 Å². The molecule has 0 radical (unpaired) electrons. The largest absolute Gasteiger partial charge is 0.756 e. The van der Waals surface area contributed by atoms with Crippen molar-refractivity contribution in [1.82, 2.24) is 5.32 Å². The number of rotatable bonds is 46. The number of nitrogens with one attached hydrogen (secondary N) is 1. The number of amides is 1. The molecule has 0 spiro atoms. The summed E-state index contributed by atoms with van der Waals surface area (Å²) in [7, 11) is 1.26. The zero-order chi connectivity index (χ0) is 45.0. The van der Waals surface area contributed by atoms with Gasteiger partial charge in [0.1, 0.15) is 13.2 Å². The summed E-state index contributed by atoms with van der Waals surface area (Å²) in [6.07, 6.45) is 56.5. The summed E-state index contributed by atoms with van der Waals surface area (Å²) in [6.45, 7) is 4.55. The van der Waals surface area contributed by atoms with Crippen LogP contribution in [0.15, 0.2) is 48.6 Å². The van der Waals surface area contributed by atoms with E-state index in [2.05, 4.69) is 55.6 Å². The highest BCUT2D eigenvalue weighted by atomic mass is 31.2. The van der Waals surface area contributed by atoms with E-state index < -0.39 is 20.0 Å². The third-order valence-electron chi connectivity index (χ3n) is 11.3. The SMILES string of the molecule is CCCCCC/C=C/C(O)C(COP(=O)([O-])OCC[N+](C)(C)C)NC(=O)CCCCCCCCCCCCCCCCCCCC/C=C\C/C=C\C/C=C\CCCCCCC. The second-order valence-corrected chi connectivity index (χ2v) is 19.9. The highest BCUT2D eigenvalue weighted by molar-refractivity contribution is 7.45. The summed E-state index contributed by atoms with van der Waals surface area (Å²) in [4.78, 5) is 25.2. The van der Waals surface area contributed by atoms with Crippen molar-refractivity contribution in [2.45, 2.75) is 238 Å². The topological polar surface area (TPSA) is 108 Å². The van der Waals surface area contributed by atoms with Gasteiger partial charge in [0.15, 0.2) is 0 Å². The molecule has 0 saturated heterocycles. The van der Waals surface area contributed by atoms with Crippen molar-refractivity contribution < 1.29 is 32.9 Å². The van der Waals surface area contributed by atoms with Gasteiger partial charge in [-0.15, -0.1) is 0 Å². The second kappa shape index (κ2) is 43.7. The molecular formula is C52H99N2O6P. The van der Waals surface area contributed by atoms with Crippen LogP contribution in [0.1, 0.15) is 226 Å². The van der Waals surface area contributed by atoms with Crippen LogP contribution in [0.4, 0.5) is 0 Å². The Morgan fingerprint density at radius 2 is 0.951 bits per heavy atom. The van der Waals surface area contributed by atoms with E-state index in [1.54, 1.807) is 6.08 Å². The Labute approximate surface area is 378 Å². The van der Waals surface area contributed by atoms with E-state index in [-0.39, 0.29) is 19.1 Å². The van der Waals surface area contributed by atoms with Crippen LogP contribution in [-0.2, 0) is 18.4 Å². The van der Waals surface area contributed by atoms with E-state index in [1.165, 1.54) is 148 Å². The maximum absolute atomic E-state index is 12.8. The fraction of sp³-hybridized carbons (Fsp3) is 0.827. The van der Waals surface area contributed by atoms with E-state index in [9.17, 15) is 19.4 Å². The lowest BCUT2D eigenvalue weighted by molar-refractivity contribution is -0.870. The quantitative estimate of drug-likeness (QED) is 0.0273. The number of hydrogen-bond acceptors (Lipinski definition) is 6. The van der Waals surface area contributed by atoms with Crippen LogP contribution < -0.4 is 10.2 Å². The van der Waals surface area contributed by atoms with Gasteiger partial charge in [-0.2, -0.15) is 0 Å². The number of unbranched alkanes of at least 4 members (excludes halogenated alkanes) is 27. The van der Waals surface area contributed by atoms with Gasteiger partial charge in [0, 0.05) is 6.42 Å². The first-order chi connectivity index (χ1) is 29.5. The highest BCUT2D eigenvalue weighted by Gasteiger charge is 2.23. The van der Waals surface area contributed by atoms with Crippen LogP contribution in [0.25, 0.3) is 0 Å². The average Bonchev–Trinajstić information content (AvgIpc) is 3.21. The number of quaternary nitrogens is 1. The number of phosphoric ester groups is 1. The molecule has 1 amide bonds. The lowest BCUT2D eigenvalue weighted by Crippen LogP contribution is -2.45. The number of aliphatic hydroxyl groups is 1. The number of likely N-dealkylation sites (N-methyl/N-ethyl adjacent to an activating group) is 1. The Morgan fingerprint density at radius 3 is 1.39 bits per heavy atom. The monoisotopic (exact) mass is 879 g/mol. The average molecular weight is 879 g/mol. The molecule has 0 aromatic carbocycles. The summed E-state index contributed by atoms with van der Waals surface area (Å²) < 4.78 is 23.1. The van der Waals surface area contributed by atoms with Crippen molar-refractivity contribution in [3.63, 3.8) is 0 Å². The van der Waals surface area contributed by atoms with Crippen LogP contribution in [0.3, 0.4) is 0 Å². The normalized spacial score (nSPS) is 14.5. The van der Waals surface area contributed by atoms with Crippen LogP contribution in [0.5, 0.6) is 0 Å². The third kappa shape index (κ3) is 46.3. The van der Waals surface area contributed by atoms with Gasteiger partial charge in [-0.1, -0.05) is 210 Å². The van der Waals surface area contributed by atoms with Crippen molar-refractivity contribution in [2.75, 3.05) is 40.9 Å². The molecule has 0 aromatic rings. The van der Waals surface area contributed by atoms with Crippen LogP contribution in [0.2, 0.25) is 0 Å². The second-order valence-electron chi connectivity index (χ2n) is 18.5. The molecule has 358 valence electrons. The maximum atomic E-state index is 12.8. The number of nitrogens with zero attached hydrogens (tertiary/aromatic N) is 1. The van der Waals surface area contributed by atoms with Crippen LogP contribution >= 0.6 is 7.82 Å². The van der Waals surface area contributed by atoms with Gasteiger partial charge in [-0.3, -0.25) is 9.36 Å². The minimum absolute atomic E-state index is 0.00165. The zero-order valence-electron chi connectivity index (χ0n) is 40.6. The number of phosphoric acid groups is 1. The molecule has 0 heterocycles.